The Morgan fingerprint density at radius 2 is 1.71 bits per heavy atom. The molecule has 0 bridgehead atoms. The van der Waals surface area contributed by atoms with E-state index in [1.165, 1.54) is 12.8 Å². The summed E-state index contributed by atoms with van der Waals surface area (Å²) in [5, 5.41) is 0.658. The molecule has 1 heterocycles. The number of halogens is 1. The Balaban J connectivity index is 1.49. The van der Waals surface area contributed by atoms with E-state index in [4.69, 9.17) is 26.8 Å². The summed E-state index contributed by atoms with van der Waals surface area (Å²) in [5.41, 5.74) is 11.1. The van der Waals surface area contributed by atoms with Gasteiger partial charge in [0, 0.05) is 36.0 Å². The third-order valence-corrected chi connectivity index (χ3v) is 8.92. The van der Waals surface area contributed by atoms with Crippen molar-refractivity contribution in [3.63, 3.8) is 0 Å². The van der Waals surface area contributed by atoms with Crippen LogP contribution in [0.5, 0.6) is 11.5 Å². The molecule has 1 aliphatic carbocycles. The number of nitrogens with zero attached hydrogens (tertiary/aromatic N) is 2. The summed E-state index contributed by atoms with van der Waals surface area (Å²) in [7, 11) is 3.79. The van der Waals surface area contributed by atoms with Gasteiger partial charge in [-0.15, -0.1) is 0 Å². The number of anilines is 2. The van der Waals surface area contributed by atoms with Gasteiger partial charge in [-0.2, -0.15) is 0 Å². The highest BCUT2D eigenvalue weighted by Gasteiger charge is 2.36. The number of hydrogen-bond acceptors (Lipinski definition) is 5. The van der Waals surface area contributed by atoms with Gasteiger partial charge in [0.15, 0.2) is 11.5 Å². The van der Waals surface area contributed by atoms with E-state index < -0.39 is 0 Å². The maximum atomic E-state index is 13.8. The molecular weight excluding hydrogens is 534 g/mol. The van der Waals surface area contributed by atoms with E-state index >= 15 is 0 Å². The minimum absolute atomic E-state index is 0.0344. The van der Waals surface area contributed by atoms with Gasteiger partial charge in [-0.1, -0.05) is 30.7 Å². The van der Waals surface area contributed by atoms with E-state index in [1.807, 2.05) is 42.2 Å². The Kier molecular flexibility index (Phi) is 9.10. The van der Waals surface area contributed by atoms with Crippen LogP contribution in [0.15, 0.2) is 60.7 Å². The van der Waals surface area contributed by atoms with Crippen molar-refractivity contribution in [1.82, 2.24) is 0 Å². The molecule has 2 N–H and O–H groups in total. The Hall–Kier alpha value is -3.22. The second-order valence-corrected chi connectivity index (χ2v) is 12.0. The van der Waals surface area contributed by atoms with Crippen molar-refractivity contribution >= 4 is 28.9 Å². The van der Waals surface area contributed by atoms with Gasteiger partial charge in [-0.25, -0.2) is 0 Å². The average molecular weight is 576 g/mol. The maximum absolute atomic E-state index is 13.8. The fourth-order valence-corrected chi connectivity index (χ4v) is 6.23. The maximum Gasteiger partial charge on any atom is 0.232 e. The molecular formula is C34H42ClN3O3. The van der Waals surface area contributed by atoms with Crippen molar-refractivity contribution in [2.45, 2.75) is 70.6 Å². The Bertz CT molecular complexity index is 1340. The molecule has 3 aromatic rings. The van der Waals surface area contributed by atoms with Crippen LogP contribution in [-0.4, -0.2) is 38.8 Å². The fourth-order valence-electron chi connectivity index (χ4n) is 6.11. The highest BCUT2D eigenvalue weighted by atomic mass is 35.5. The van der Waals surface area contributed by atoms with Gasteiger partial charge in [-0.05, 0) is 110 Å². The van der Waals surface area contributed by atoms with Crippen LogP contribution in [0.1, 0.15) is 68.7 Å². The number of ether oxygens (including phenoxy) is 2. The minimum atomic E-state index is -0.330. The second kappa shape index (κ2) is 12.7. The summed E-state index contributed by atoms with van der Waals surface area (Å²) in [6.07, 6.45) is 5.78. The van der Waals surface area contributed by atoms with E-state index in [1.54, 1.807) is 7.11 Å². The quantitative estimate of drug-likeness (QED) is 0.293. The van der Waals surface area contributed by atoms with Gasteiger partial charge in [0.05, 0.1) is 25.7 Å². The molecule has 7 heteroatoms. The number of methoxy groups -OCH3 is 1. The first-order valence-corrected chi connectivity index (χ1v) is 15.2. The van der Waals surface area contributed by atoms with Crippen LogP contribution in [0.2, 0.25) is 5.02 Å². The van der Waals surface area contributed by atoms with Crippen LogP contribution in [0.3, 0.4) is 0 Å². The van der Waals surface area contributed by atoms with Crippen molar-refractivity contribution in [3.05, 3.63) is 82.4 Å². The number of carbonyl (C=O) groups is 1. The summed E-state index contributed by atoms with van der Waals surface area (Å²) in [6, 6.07) is 20.2. The monoisotopic (exact) mass is 575 g/mol. The first kappa shape index (κ1) is 29.3. The predicted molar refractivity (Wildman–Crippen MR) is 168 cm³/mol. The van der Waals surface area contributed by atoms with Crippen LogP contribution in [0.25, 0.3) is 0 Å². The summed E-state index contributed by atoms with van der Waals surface area (Å²) < 4.78 is 11.9. The molecule has 41 heavy (non-hydrogen) atoms. The lowest BCUT2D eigenvalue weighted by atomic mass is 9.86. The van der Waals surface area contributed by atoms with Gasteiger partial charge in [-0.3, -0.25) is 4.79 Å². The normalized spacial score (nSPS) is 21.3. The molecule has 5 rings (SSSR count). The van der Waals surface area contributed by atoms with E-state index in [2.05, 4.69) is 49.2 Å². The molecule has 218 valence electrons. The van der Waals surface area contributed by atoms with E-state index in [0.717, 1.165) is 53.9 Å². The number of hydrogen-bond donors (Lipinski definition) is 1. The Morgan fingerprint density at radius 3 is 2.34 bits per heavy atom. The molecule has 1 aliphatic heterocycles. The fraction of sp³-hybridized carbons (Fsp3) is 0.441. The molecule has 1 saturated carbocycles. The lowest BCUT2D eigenvalue weighted by Gasteiger charge is -2.38. The average Bonchev–Trinajstić information content (AvgIpc) is 2.98. The van der Waals surface area contributed by atoms with Crippen molar-refractivity contribution in [3.8, 4) is 11.5 Å². The highest BCUT2D eigenvalue weighted by molar-refractivity contribution is 6.30. The third kappa shape index (κ3) is 6.49. The molecule has 2 atom stereocenters. The van der Waals surface area contributed by atoms with E-state index in [-0.39, 0.29) is 24.5 Å². The van der Waals surface area contributed by atoms with Crippen molar-refractivity contribution in [1.29, 1.82) is 0 Å². The number of benzene rings is 3. The van der Waals surface area contributed by atoms with Crippen LogP contribution in [0.4, 0.5) is 11.4 Å². The number of nitrogens with two attached hydrogens (primary N) is 1. The predicted octanol–water partition coefficient (Wildman–Crippen LogP) is 7.16. The Morgan fingerprint density at radius 1 is 1.02 bits per heavy atom. The third-order valence-electron chi connectivity index (χ3n) is 8.67. The standard InChI is InChI=1S/C34H42ClN3O3/c1-5-22(2)41-32-20-30-25(18-31(32)40-4)19-33(39)38(34(30)24-8-10-26(35)11-9-24)29-16-14-28(15-17-29)37(3)21-23-6-12-27(36)13-7-23/h8-11,14-18,20,22-23,27,34H,5-7,12-13,19,21,36H2,1-4H3/t22-,23-,27+,34?/m1/s1. The van der Waals surface area contributed by atoms with Crippen LogP contribution < -0.4 is 25.0 Å². The van der Waals surface area contributed by atoms with Gasteiger partial charge in [0.2, 0.25) is 5.91 Å². The molecule has 1 amide bonds. The number of amides is 1. The van der Waals surface area contributed by atoms with Gasteiger partial charge >= 0.3 is 0 Å². The van der Waals surface area contributed by atoms with Crippen molar-refractivity contribution in [2.75, 3.05) is 30.5 Å². The van der Waals surface area contributed by atoms with Crippen molar-refractivity contribution < 1.29 is 14.3 Å². The Labute approximate surface area is 249 Å². The first-order valence-electron chi connectivity index (χ1n) is 14.8. The second-order valence-electron chi connectivity index (χ2n) is 11.6. The molecule has 6 nitrogen and oxygen atoms in total. The van der Waals surface area contributed by atoms with E-state index in [9.17, 15) is 4.79 Å². The zero-order valence-corrected chi connectivity index (χ0v) is 25.4. The summed E-state index contributed by atoms with van der Waals surface area (Å²) in [4.78, 5) is 18.1. The van der Waals surface area contributed by atoms with Gasteiger partial charge < -0.3 is 25.0 Å². The molecule has 3 aromatic carbocycles. The molecule has 1 fully saturated rings. The van der Waals surface area contributed by atoms with E-state index in [0.29, 0.717) is 28.5 Å². The molecule has 0 spiro atoms. The largest absolute Gasteiger partial charge is 0.493 e. The lowest BCUT2D eigenvalue weighted by Crippen LogP contribution is -2.41. The molecule has 0 saturated heterocycles. The first-order chi connectivity index (χ1) is 19.8. The van der Waals surface area contributed by atoms with Crippen LogP contribution >= 0.6 is 11.6 Å². The number of fused-ring (bicyclic) bond motifs is 1. The molecule has 1 unspecified atom stereocenters. The lowest BCUT2D eigenvalue weighted by molar-refractivity contribution is -0.118. The zero-order valence-electron chi connectivity index (χ0n) is 24.6. The van der Waals surface area contributed by atoms with Crippen LogP contribution in [0, 0.1) is 5.92 Å². The SMILES string of the molecule is CC[C@@H](C)Oc1cc2c(cc1OC)CC(=O)N(c1ccc(N(C)C[C@H]3CC[C@@H](N)CC3)cc1)C2c1ccc(Cl)cc1. The molecule has 0 aromatic heterocycles. The minimum Gasteiger partial charge on any atom is -0.493 e. The summed E-state index contributed by atoms with van der Waals surface area (Å²) >= 11 is 6.27. The van der Waals surface area contributed by atoms with Gasteiger partial charge in [0.25, 0.3) is 0 Å². The highest BCUT2D eigenvalue weighted by Crippen LogP contribution is 2.44. The summed E-state index contributed by atoms with van der Waals surface area (Å²) in [5.74, 6) is 2.04. The summed E-state index contributed by atoms with van der Waals surface area (Å²) in [6.45, 7) is 5.15. The molecule has 0 radical (unpaired) electrons. The number of rotatable bonds is 9. The smallest absolute Gasteiger partial charge is 0.232 e. The van der Waals surface area contributed by atoms with Crippen molar-refractivity contribution in [2.24, 2.45) is 11.7 Å². The zero-order chi connectivity index (χ0) is 29.1. The number of carbonyl (C=O) groups excluding carboxylic acids is 1. The molecule has 2 aliphatic rings. The topological polar surface area (TPSA) is 68.0 Å². The van der Waals surface area contributed by atoms with Gasteiger partial charge in [0.1, 0.15) is 0 Å². The van der Waals surface area contributed by atoms with Crippen LogP contribution in [-0.2, 0) is 11.2 Å².